The number of ether oxygens (including phenoxy) is 1. The summed E-state index contributed by atoms with van der Waals surface area (Å²) in [5.41, 5.74) is 3.01. The van der Waals surface area contributed by atoms with Crippen molar-refractivity contribution in [1.82, 2.24) is 5.32 Å². The predicted molar refractivity (Wildman–Crippen MR) is 71.2 cm³/mol. The van der Waals surface area contributed by atoms with Crippen molar-refractivity contribution in [2.75, 3.05) is 13.2 Å². The van der Waals surface area contributed by atoms with Crippen LogP contribution in [0.15, 0.2) is 24.3 Å². The van der Waals surface area contributed by atoms with Crippen molar-refractivity contribution in [1.29, 1.82) is 0 Å². The van der Waals surface area contributed by atoms with E-state index in [4.69, 9.17) is 4.74 Å². The second-order valence-electron chi connectivity index (χ2n) is 5.02. The molecular weight excluding hydrogens is 210 g/mol. The zero-order valence-corrected chi connectivity index (χ0v) is 10.9. The van der Waals surface area contributed by atoms with Gasteiger partial charge in [-0.1, -0.05) is 24.3 Å². The minimum Gasteiger partial charge on any atom is -0.379 e. The monoisotopic (exact) mass is 233 g/mol. The van der Waals surface area contributed by atoms with Gasteiger partial charge in [0, 0.05) is 12.6 Å². The largest absolute Gasteiger partial charge is 0.379 e. The van der Waals surface area contributed by atoms with Crippen LogP contribution in [0, 0.1) is 0 Å². The third kappa shape index (κ3) is 3.55. The fraction of sp³-hybridized carbons (Fsp3) is 0.600. The van der Waals surface area contributed by atoms with Crippen LogP contribution in [0.3, 0.4) is 0 Å². The number of hydrogen-bond acceptors (Lipinski definition) is 2. The van der Waals surface area contributed by atoms with Crippen LogP contribution < -0.4 is 5.32 Å². The lowest BCUT2D eigenvalue weighted by Gasteiger charge is -2.14. The molecule has 0 fully saturated rings. The van der Waals surface area contributed by atoms with Gasteiger partial charge in [-0.15, -0.1) is 0 Å². The molecule has 0 saturated carbocycles. The van der Waals surface area contributed by atoms with Crippen LogP contribution in [-0.4, -0.2) is 19.3 Å². The number of rotatable bonds is 6. The SMILES string of the molecule is CC(C)OCCCNC1CCc2ccccc21. The molecule has 1 unspecified atom stereocenters. The van der Waals surface area contributed by atoms with E-state index >= 15 is 0 Å². The first kappa shape index (κ1) is 12.6. The fourth-order valence-electron chi connectivity index (χ4n) is 2.44. The van der Waals surface area contributed by atoms with Gasteiger partial charge in [-0.2, -0.15) is 0 Å². The third-order valence-corrected chi connectivity index (χ3v) is 3.30. The summed E-state index contributed by atoms with van der Waals surface area (Å²) in [5.74, 6) is 0. The maximum absolute atomic E-state index is 5.54. The second kappa shape index (κ2) is 6.18. The molecule has 94 valence electrons. The van der Waals surface area contributed by atoms with E-state index in [1.54, 1.807) is 0 Å². The van der Waals surface area contributed by atoms with Gasteiger partial charge in [0.15, 0.2) is 0 Å². The summed E-state index contributed by atoms with van der Waals surface area (Å²) >= 11 is 0. The van der Waals surface area contributed by atoms with E-state index in [2.05, 4.69) is 43.4 Å². The molecule has 0 bridgehead atoms. The summed E-state index contributed by atoms with van der Waals surface area (Å²) in [6.07, 6.45) is 3.90. The molecular formula is C15H23NO. The Morgan fingerprint density at radius 2 is 2.18 bits per heavy atom. The standard InChI is InChI=1S/C15H23NO/c1-12(2)17-11-5-10-16-15-9-8-13-6-3-4-7-14(13)15/h3-4,6-7,12,15-16H,5,8-11H2,1-2H3. The molecule has 1 aromatic rings. The first-order valence-corrected chi connectivity index (χ1v) is 6.70. The van der Waals surface area contributed by atoms with E-state index in [-0.39, 0.29) is 0 Å². The fourth-order valence-corrected chi connectivity index (χ4v) is 2.44. The van der Waals surface area contributed by atoms with Crippen LogP contribution in [0.4, 0.5) is 0 Å². The van der Waals surface area contributed by atoms with Crippen molar-refractivity contribution in [3.63, 3.8) is 0 Å². The van der Waals surface area contributed by atoms with E-state index in [0.717, 1.165) is 19.6 Å². The van der Waals surface area contributed by atoms with Gasteiger partial charge in [-0.05, 0) is 50.8 Å². The van der Waals surface area contributed by atoms with Crippen LogP contribution in [0.25, 0.3) is 0 Å². The summed E-state index contributed by atoms with van der Waals surface area (Å²) in [6.45, 7) is 6.08. The average molecular weight is 233 g/mol. The highest BCUT2D eigenvalue weighted by Crippen LogP contribution is 2.30. The van der Waals surface area contributed by atoms with Crippen molar-refractivity contribution in [3.8, 4) is 0 Å². The van der Waals surface area contributed by atoms with Crippen LogP contribution in [0.5, 0.6) is 0 Å². The minimum atomic E-state index is 0.349. The third-order valence-electron chi connectivity index (χ3n) is 3.30. The van der Waals surface area contributed by atoms with Gasteiger partial charge in [0.25, 0.3) is 0 Å². The summed E-state index contributed by atoms with van der Waals surface area (Å²) in [6, 6.07) is 9.34. The Hall–Kier alpha value is -0.860. The number of benzene rings is 1. The molecule has 2 rings (SSSR count). The highest BCUT2D eigenvalue weighted by molar-refractivity contribution is 5.34. The smallest absolute Gasteiger partial charge is 0.0518 e. The number of aryl methyl sites for hydroxylation is 1. The summed E-state index contributed by atoms with van der Waals surface area (Å²) in [4.78, 5) is 0. The lowest BCUT2D eigenvalue weighted by atomic mass is 10.1. The molecule has 0 amide bonds. The lowest BCUT2D eigenvalue weighted by molar-refractivity contribution is 0.0767. The van der Waals surface area contributed by atoms with Crippen molar-refractivity contribution in [2.24, 2.45) is 0 Å². The molecule has 0 aromatic heterocycles. The van der Waals surface area contributed by atoms with Gasteiger partial charge >= 0.3 is 0 Å². The van der Waals surface area contributed by atoms with E-state index in [1.165, 1.54) is 24.0 Å². The molecule has 1 N–H and O–H groups in total. The van der Waals surface area contributed by atoms with E-state index in [0.29, 0.717) is 12.1 Å². The highest BCUT2D eigenvalue weighted by Gasteiger charge is 2.20. The Balaban J connectivity index is 1.71. The Morgan fingerprint density at radius 3 is 3.00 bits per heavy atom. The quantitative estimate of drug-likeness (QED) is 0.762. The normalized spacial score (nSPS) is 18.6. The molecule has 2 heteroatoms. The van der Waals surface area contributed by atoms with Gasteiger partial charge < -0.3 is 10.1 Å². The average Bonchev–Trinajstić information content (AvgIpc) is 2.72. The molecule has 0 radical (unpaired) electrons. The Kier molecular flexibility index (Phi) is 4.57. The molecule has 0 saturated heterocycles. The van der Waals surface area contributed by atoms with Crippen molar-refractivity contribution >= 4 is 0 Å². The van der Waals surface area contributed by atoms with Crippen molar-refractivity contribution < 1.29 is 4.74 Å². The molecule has 1 aliphatic rings. The van der Waals surface area contributed by atoms with Crippen molar-refractivity contribution in [3.05, 3.63) is 35.4 Å². The van der Waals surface area contributed by atoms with Gasteiger partial charge in [0.2, 0.25) is 0 Å². The Labute approximate surface area is 104 Å². The van der Waals surface area contributed by atoms with E-state index < -0.39 is 0 Å². The minimum absolute atomic E-state index is 0.349. The maximum atomic E-state index is 5.54. The van der Waals surface area contributed by atoms with Gasteiger partial charge in [0.1, 0.15) is 0 Å². The van der Waals surface area contributed by atoms with Gasteiger partial charge in [0.05, 0.1) is 6.10 Å². The zero-order chi connectivity index (χ0) is 12.1. The number of hydrogen-bond donors (Lipinski definition) is 1. The molecule has 0 spiro atoms. The predicted octanol–water partition coefficient (Wildman–Crippen LogP) is 3.08. The van der Waals surface area contributed by atoms with Crippen LogP contribution in [0.1, 0.15) is 43.9 Å². The highest BCUT2D eigenvalue weighted by atomic mass is 16.5. The summed E-state index contributed by atoms with van der Waals surface area (Å²) < 4.78 is 5.54. The number of fused-ring (bicyclic) bond motifs is 1. The lowest BCUT2D eigenvalue weighted by Crippen LogP contribution is -2.22. The van der Waals surface area contributed by atoms with Crippen LogP contribution in [0.2, 0.25) is 0 Å². The summed E-state index contributed by atoms with van der Waals surface area (Å²) in [5, 5.41) is 3.63. The molecule has 2 nitrogen and oxygen atoms in total. The summed E-state index contributed by atoms with van der Waals surface area (Å²) in [7, 11) is 0. The molecule has 1 atom stereocenters. The maximum Gasteiger partial charge on any atom is 0.0518 e. The first-order chi connectivity index (χ1) is 8.27. The molecule has 17 heavy (non-hydrogen) atoms. The molecule has 1 aromatic carbocycles. The van der Waals surface area contributed by atoms with E-state index in [1.807, 2.05) is 0 Å². The zero-order valence-electron chi connectivity index (χ0n) is 10.9. The van der Waals surface area contributed by atoms with Crippen LogP contribution in [-0.2, 0) is 11.2 Å². The molecule has 0 aliphatic heterocycles. The van der Waals surface area contributed by atoms with Gasteiger partial charge in [-0.25, -0.2) is 0 Å². The number of nitrogens with one attached hydrogen (secondary N) is 1. The molecule has 0 heterocycles. The van der Waals surface area contributed by atoms with Crippen molar-refractivity contribution in [2.45, 2.75) is 45.3 Å². The van der Waals surface area contributed by atoms with Gasteiger partial charge in [-0.3, -0.25) is 0 Å². The molecule has 1 aliphatic carbocycles. The Morgan fingerprint density at radius 1 is 1.35 bits per heavy atom. The van der Waals surface area contributed by atoms with E-state index in [9.17, 15) is 0 Å². The topological polar surface area (TPSA) is 21.3 Å². The Bertz CT molecular complexity index is 349. The second-order valence-corrected chi connectivity index (χ2v) is 5.02. The van der Waals surface area contributed by atoms with Crippen LogP contribution >= 0.6 is 0 Å². The first-order valence-electron chi connectivity index (χ1n) is 6.70.